The topological polar surface area (TPSA) is 26.8 Å². The summed E-state index contributed by atoms with van der Waals surface area (Å²) in [6.45, 7) is 3.91. The Labute approximate surface area is 161 Å². The quantitative estimate of drug-likeness (QED) is 0.783. The van der Waals surface area contributed by atoms with E-state index in [0.29, 0.717) is 19.5 Å². The Balaban J connectivity index is 1.55. The molecule has 0 N–H and O–H groups in total. The Morgan fingerprint density at radius 1 is 1.00 bits per heavy atom. The highest BCUT2D eigenvalue weighted by molar-refractivity contribution is 5.83. The lowest BCUT2D eigenvalue weighted by Gasteiger charge is -2.37. The van der Waals surface area contributed by atoms with Gasteiger partial charge < -0.3 is 4.90 Å². The second-order valence-electron chi connectivity index (χ2n) is 7.29. The summed E-state index contributed by atoms with van der Waals surface area (Å²) in [7, 11) is 3.89. The van der Waals surface area contributed by atoms with Gasteiger partial charge in [0.1, 0.15) is 11.9 Å². The summed E-state index contributed by atoms with van der Waals surface area (Å²) in [6.07, 6.45) is 0.699. The molecule has 1 heterocycles. The summed E-state index contributed by atoms with van der Waals surface area (Å²) >= 11 is 0. The average molecular weight is 369 g/mol. The Bertz CT molecular complexity index is 742. The zero-order valence-corrected chi connectivity index (χ0v) is 16.1. The minimum Gasteiger partial charge on any atom is -0.338 e. The summed E-state index contributed by atoms with van der Waals surface area (Å²) in [5, 5.41) is 0. The minimum absolute atomic E-state index is 0.136. The van der Waals surface area contributed by atoms with Gasteiger partial charge in [0.15, 0.2) is 0 Å². The Morgan fingerprint density at radius 3 is 2.26 bits per heavy atom. The highest BCUT2D eigenvalue weighted by Gasteiger charge is 2.29. The van der Waals surface area contributed by atoms with Gasteiger partial charge in [0.05, 0.1) is 0 Å². The van der Waals surface area contributed by atoms with E-state index >= 15 is 0 Å². The van der Waals surface area contributed by atoms with Gasteiger partial charge in [0.2, 0.25) is 5.91 Å². The maximum atomic E-state index is 13.8. The molecule has 4 nitrogen and oxygen atoms in total. The molecular weight excluding hydrogens is 341 g/mol. The Kier molecular flexibility index (Phi) is 6.58. The van der Waals surface area contributed by atoms with Gasteiger partial charge in [0, 0.05) is 32.7 Å². The van der Waals surface area contributed by atoms with E-state index in [4.69, 9.17) is 0 Å². The molecule has 2 aromatic carbocycles. The number of nitrogens with zero attached hydrogens (tertiary/aromatic N) is 3. The third kappa shape index (κ3) is 4.93. The van der Waals surface area contributed by atoms with Gasteiger partial charge in [0.25, 0.3) is 0 Å². The highest BCUT2D eigenvalue weighted by Crippen LogP contribution is 2.21. The molecule has 1 fully saturated rings. The van der Waals surface area contributed by atoms with Gasteiger partial charge >= 0.3 is 0 Å². The maximum Gasteiger partial charge on any atom is 0.244 e. The summed E-state index contributed by atoms with van der Waals surface area (Å²) in [4.78, 5) is 19.3. The lowest BCUT2D eigenvalue weighted by molar-refractivity contribution is -0.138. The molecule has 1 aliphatic rings. The number of benzene rings is 2. The lowest BCUT2D eigenvalue weighted by Crippen LogP contribution is -2.51. The van der Waals surface area contributed by atoms with E-state index in [1.54, 1.807) is 6.07 Å². The van der Waals surface area contributed by atoms with Gasteiger partial charge in [-0.05, 0) is 37.7 Å². The van der Waals surface area contributed by atoms with E-state index in [-0.39, 0.29) is 17.8 Å². The number of carbonyl (C=O) groups excluding carboxylic acids is 1. The highest BCUT2D eigenvalue weighted by atomic mass is 19.1. The first-order valence-corrected chi connectivity index (χ1v) is 9.52. The average Bonchev–Trinajstić information content (AvgIpc) is 2.68. The van der Waals surface area contributed by atoms with E-state index in [2.05, 4.69) is 4.90 Å². The van der Waals surface area contributed by atoms with Crippen LogP contribution in [0.5, 0.6) is 0 Å². The molecule has 0 aliphatic carbocycles. The SMILES string of the molecule is CN(C)C(C(=O)N1CCN(CCc2ccccc2F)CC1)c1ccccc1. The van der Waals surface area contributed by atoms with Crippen molar-refractivity contribution in [1.82, 2.24) is 14.7 Å². The number of hydrogen-bond acceptors (Lipinski definition) is 3. The molecule has 3 rings (SSSR count). The van der Waals surface area contributed by atoms with Crippen LogP contribution in [0.1, 0.15) is 17.2 Å². The summed E-state index contributed by atoms with van der Waals surface area (Å²) in [6, 6.07) is 16.6. The number of piperazine rings is 1. The normalized spacial score (nSPS) is 16.5. The van der Waals surface area contributed by atoms with Crippen LogP contribution in [0.2, 0.25) is 0 Å². The zero-order chi connectivity index (χ0) is 19.2. The first-order valence-electron chi connectivity index (χ1n) is 9.52. The van der Waals surface area contributed by atoms with Crippen LogP contribution >= 0.6 is 0 Å². The van der Waals surface area contributed by atoms with Crippen molar-refractivity contribution in [2.24, 2.45) is 0 Å². The fourth-order valence-corrected chi connectivity index (χ4v) is 3.64. The summed E-state index contributed by atoms with van der Waals surface area (Å²) in [5.74, 6) is 0.0166. The van der Waals surface area contributed by atoms with E-state index in [1.165, 1.54) is 6.07 Å². The lowest BCUT2D eigenvalue weighted by atomic mass is 10.0. The molecular formula is C22H28FN3O. The molecule has 5 heteroatoms. The van der Waals surface area contributed by atoms with Crippen LogP contribution < -0.4 is 0 Å². The molecule has 144 valence electrons. The third-order valence-corrected chi connectivity index (χ3v) is 5.20. The van der Waals surface area contributed by atoms with Crippen molar-refractivity contribution in [2.45, 2.75) is 12.5 Å². The molecule has 1 amide bonds. The van der Waals surface area contributed by atoms with Crippen LogP contribution in [0.25, 0.3) is 0 Å². The van der Waals surface area contributed by atoms with Crippen LogP contribution in [-0.4, -0.2) is 67.4 Å². The Hall–Kier alpha value is -2.24. The number of halogens is 1. The van der Waals surface area contributed by atoms with Gasteiger partial charge in [-0.2, -0.15) is 0 Å². The number of carbonyl (C=O) groups is 1. The molecule has 0 saturated carbocycles. The Morgan fingerprint density at radius 2 is 1.63 bits per heavy atom. The van der Waals surface area contributed by atoms with Crippen molar-refractivity contribution in [3.63, 3.8) is 0 Å². The molecule has 1 unspecified atom stereocenters. The number of likely N-dealkylation sites (N-methyl/N-ethyl adjacent to an activating group) is 1. The summed E-state index contributed by atoms with van der Waals surface area (Å²) < 4.78 is 13.8. The zero-order valence-electron chi connectivity index (χ0n) is 16.1. The monoisotopic (exact) mass is 369 g/mol. The van der Waals surface area contributed by atoms with Crippen LogP contribution in [-0.2, 0) is 11.2 Å². The standard InChI is InChI=1S/C22H28FN3O/c1-24(2)21(19-9-4-3-5-10-19)22(27)26-16-14-25(15-17-26)13-12-18-8-6-7-11-20(18)23/h3-11,21H,12-17H2,1-2H3. The molecule has 0 radical (unpaired) electrons. The van der Waals surface area contributed by atoms with Crippen molar-refractivity contribution in [1.29, 1.82) is 0 Å². The van der Waals surface area contributed by atoms with Gasteiger partial charge in [-0.3, -0.25) is 14.6 Å². The predicted molar refractivity (Wildman–Crippen MR) is 106 cm³/mol. The van der Waals surface area contributed by atoms with Crippen LogP contribution in [0.15, 0.2) is 54.6 Å². The van der Waals surface area contributed by atoms with Crippen molar-refractivity contribution in [3.8, 4) is 0 Å². The van der Waals surface area contributed by atoms with Crippen LogP contribution in [0.3, 0.4) is 0 Å². The van der Waals surface area contributed by atoms with Gasteiger partial charge in [-0.15, -0.1) is 0 Å². The largest absolute Gasteiger partial charge is 0.338 e. The van der Waals surface area contributed by atoms with Crippen molar-refractivity contribution >= 4 is 5.91 Å². The fraction of sp³-hybridized carbons (Fsp3) is 0.409. The fourth-order valence-electron chi connectivity index (χ4n) is 3.64. The van der Waals surface area contributed by atoms with E-state index in [1.807, 2.05) is 66.4 Å². The van der Waals surface area contributed by atoms with Crippen LogP contribution in [0, 0.1) is 5.82 Å². The molecule has 1 saturated heterocycles. The van der Waals surface area contributed by atoms with Crippen molar-refractivity contribution in [2.75, 3.05) is 46.8 Å². The molecule has 1 atom stereocenters. The number of rotatable bonds is 6. The third-order valence-electron chi connectivity index (χ3n) is 5.20. The molecule has 2 aromatic rings. The maximum absolute atomic E-state index is 13.8. The van der Waals surface area contributed by atoms with Crippen LogP contribution in [0.4, 0.5) is 4.39 Å². The molecule has 0 bridgehead atoms. The molecule has 1 aliphatic heterocycles. The van der Waals surface area contributed by atoms with E-state index in [9.17, 15) is 9.18 Å². The first-order chi connectivity index (χ1) is 13.1. The smallest absolute Gasteiger partial charge is 0.244 e. The molecule has 0 aromatic heterocycles. The first kappa shape index (κ1) is 19.5. The van der Waals surface area contributed by atoms with Gasteiger partial charge in [-0.25, -0.2) is 4.39 Å². The second-order valence-corrected chi connectivity index (χ2v) is 7.29. The van der Waals surface area contributed by atoms with Crippen molar-refractivity contribution in [3.05, 3.63) is 71.5 Å². The summed E-state index contributed by atoms with van der Waals surface area (Å²) in [5.41, 5.74) is 1.78. The minimum atomic E-state index is -0.254. The van der Waals surface area contributed by atoms with E-state index in [0.717, 1.165) is 30.8 Å². The van der Waals surface area contributed by atoms with Gasteiger partial charge in [-0.1, -0.05) is 48.5 Å². The van der Waals surface area contributed by atoms with Crippen molar-refractivity contribution < 1.29 is 9.18 Å². The number of amides is 1. The predicted octanol–water partition coefficient (Wildman–Crippen LogP) is 2.82. The second kappa shape index (κ2) is 9.11. The van der Waals surface area contributed by atoms with E-state index < -0.39 is 0 Å². The molecule has 27 heavy (non-hydrogen) atoms. The number of hydrogen-bond donors (Lipinski definition) is 0. The molecule has 0 spiro atoms.